The first kappa shape index (κ1) is 23.9. The van der Waals surface area contributed by atoms with E-state index in [0.29, 0.717) is 21.5 Å². The van der Waals surface area contributed by atoms with Gasteiger partial charge in [0.15, 0.2) is 11.5 Å². The van der Waals surface area contributed by atoms with Crippen molar-refractivity contribution >= 4 is 35.6 Å². The molecule has 0 fully saturated rings. The molecule has 1 N–H and O–H groups in total. The SMILES string of the molecule is CCOCCCNCc1ccc(OCc2c(Cl)cccc2Cl)c(OC)c1.Cl. The molecule has 7 heteroatoms. The summed E-state index contributed by atoms with van der Waals surface area (Å²) in [7, 11) is 1.63. The molecule has 0 amide bonds. The lowest BCUT2D eigenvalue weighted by Gasteiger charge is -2.14. The number of halogens is 3. The van der Waals surface area contributed by atoms with Crippen LogP contribution in [0.5, 0.6) is 11.5 Å². The quantitative estimate of drug-likeness (QED) is 0.473. The topological polar surface area (TPSA) is 39.7 Å². The maximum Gasteiger partial charge on any atom is 0.161 e. The first-order valence-corrected chi connectivity index (χ1v) is 9.42. The fourth-order valence-corrected chi connectivity index (χ4v) is 2.94. The van der Waals surface area contributed by atoms with E-state index in [-0.39, 0.29) is 19.0 Å². The highest BCUT2D eigenvalue weighted by Gasteiger charge is 2.10. The molecule has 0 aliphatic heterocycles. The van der Waals surface area contributed by atoms with Gasteiger partial charge in [0.1, 0.15) is 6.61 Å². The largest absolute Gasteiger partial charge is 0.493 e. The Labute approximate surface area is 177 Å². The summed E-state index contributed by atoms with van der Waals surface area (Å²) >= 11 is 12.4. The van der Waals surface area contributed by atoms with Crippen LogP contribution in [0.4, 0.5) is 0 Å². The van der Waals surface area contributed by atoms with Crippen molar-refractivity contribution in [2.75, 3.05) is 26.9 Å². The van der Waals surface area contributed by atoms with Gasteiger partial charge in [-0.1, -0.05) is 35.3 Å². The highest BCUT2D eigenvalue weighted by molar-refractivity contribution is 6.35. The monoisotopic (exact) mass is 433 g/mol. The summed E-state index contributed by atoms with van der Waals surface area (Å²) < 4.78 is 16.6. The minimum absolute atomic E-state index is 0. The van der Waals surface area contributed by atoms with E-state index >= 15 is 0 Å². The van der Waals surface area contributed by atoms with Crippen LogP contribution in [0.15, 0.2) is 36.4 Å². The fraction of sp³-hybridized carbons (Fsp3) is 0.400. The van der Waals surface area contributed by atoms with Crippen LogP contribution in [-0.4, -0.2) is 26.9 Å². The van der Waals surface area contributed by atoms with Crippen molar-refractivity contribution in [3.63, 3.8) is 0 Å². The minimum Gasteiger partial charge on any atom is -0.493 e. The highest BCUT2D eigenvalue weighted by atomic mass is 35.5. The molecular weight excluding hydrogens is 409 g/mol. The van der Waals surface area contributed by atoms with Gasteiger partial charge >= 0.3 is 0 Å². The molecule has 0 saturated carbocycles. The van der Waals surface area contributed by atoms with Crippen molar-refractivity contribution in [1.29, 1.82) is 0 Å². The van der Waals surface area contributed by atoms with Crippen LogP contribution >= 0.6 is 35.6 Å². The number of hydrogen-bond acceptors (Lipinski definition) is 4. The summed E-state index contributed by atoms with van der Waals surface area (Å²) in [5.41, 5.74) is 1.89. The molecule has 0 aliphatic carbocycles. The summed E-state index contributed by atoms with van der Waals surface area (Å²) in [6, 6.07) is 11.3. The third-order valence-electron chi connectivity index (χ3n) is 3.84. The summed E-state index contributed by atoms with van der Waals surface area (Å²) in [5.74, 6) is 1.34. The molecule has 150 valence electrons. The summed E-state index contributed by atoms with van der Waals surface area (Å²) in [6.45, 7) is 5.50. The standard InChI is InChI=1S/C20H25Cl2NO3.ClH/c1-3-25-11-5-10-23-13-15-8-9-19(20(12-15)24-2)26-14-16-17(21)6-4-7-18(16)22;/h4,6-9,12,23H,3,5,10-11,13-14H2,1-2H3;1H. The van der Waals surface area contributed by atoms with Crippen molar-refractivity contribution in [1.82, 2.24) is 5.32 Å². The van der Waals surface area contributed by atoms with E-state index in [0.717, 1.165) is 43.9 Å². The van der Waals surface area contributed by atoms with Crippen LogP contribution in [-0.2, 0) is 17.9 Å². The predicted molar refractivity (Wildman–Crippen MR) is 114 cm³/mol. The molecule has 2 aromatic rings. The Morgan fingerprint density at radius 3 is 2.44 bits per heavy atom. The van der Waals surface area contributed by atoms with Crippen LogP contribution in [0.2, 0.25) is 10.0 Å². The molecule has 0 heterocycles. The minimum atomic E-state index is 0. The average molecular weight is 435 g/mol. The Hall–Kier alpha value is -1.17. The molecule has 27 heavy (non-hydrogen) atoms. The third kappa shape index (κ3) is 7.76. The molecular formula is C20H26Cl3NO3. The van der Waals surface area contributed by atoms with Crippen molar-refractivity contribution in [3.05, 3.63) is 57.6 Å². The van der Waals surface area contributed by atoms with Crippen LogP contribution < -0.4 is 14.8 Å². The zero-order chi connectivity index (χ0) is 18.8. The van der Waals surface area contributed by atoms with Gasteiger partial charge in [-0.2, -0.15) is 0 Å². The zero-order valence-corrected chi connectivity index (χ0v) is 17.9. The summed E-state index contributed by atoms with van der Waals surface area (Å²) in [5, 5.41) is 4.57. The molecule has 0 spiro atoms. The third-order valence-corrected chi connectivity index (χ3v) is 4.55. The number of hydrogen-bond donors (Lipinski definition) is 1. The maximum atomic E-state index is 6.18. The van der Waals surface area contributed by atoms with E-state index in [4.69, 9.17) is 37.4 Å². The number of rotatable bonds is 11. The van der Waals surface area contributed by atoms with Crippen LogP contribution in [0.1, 0.15) is 24.5 Å². The van der Waals surface area contributed by atoms with Gasteiger partial charge in [-0.15, -0.1) is 12.4 Å². The molecule has 0 unspecified atom stereocenters. The Balaban J connectivity index is 0.00000364. The number of nitrogens with one attached hydrogen (secondary N) is 1. The fourth-order valence-electron chi connectivity index (χ4n) is 2.44. The van der Waals surface area contributed by atoms with Crippen LogP contribution in [0, 0.1) is 0 Å². The van der Waals surface area contributed by atoms with E-state index < -0.39 is 0 Å². The second-order valence-corrected chi connectivity index (χ2v) is 6.52. The van der Waals surface area contributed by atoms with E-state index in [1.165, 1.54) is 0 Å². The van der Waals surface area contributed by atoms with Gasteiger partial charge in [-0.25, -0.2) is 0 Å². The van der Waals surface area contributed by atoms with Crippen LogP contribution in [0.3, 0.4) is 0 Å². The number of methoxy groups -OCH3 is 1. The van der Waals surface area contributed by atoms with E-state index in [9.17, 15) is 0 Å². The molecule has 2 rings (SSSR count). The second kappa shape index (κ2) is 13.1. The van der Waals surface area contributed by atoms with Gasteiger partial charge in [-0.05, 0) is 49.7 Å². The molecule has 0 bridgehead atoms. The zero-order valence-electron chi connectivity index (χ0n) is 15.6. The lowest BCUT2D eigenvalue weighted by molar-refractivity contribution is 0.144. The maximum absolute atomic E-state index is 6.18. The van der Waals surface area contributed by atoms with Gasteiger partial charge < -0.3 is 19.5 Å². The molecule has 0 radical (unpaired) electrons. The van der Waals surface area contributed by atoms with Gasteiger partial charge in [-0.3, -0.25) is 0 Å². The van der Waals surface area contributed by atoms with E-state index in [1.54, 1.807) is 19.2 Å². The first-order valence-electron chi connectivity index (χ1n) is 8.66. The molecule has 2 aromatic carbocycles. The predicted octanol–water partition coefficient (Wildman–Crippen LogP) is 5.52. The van der Waals surface area contributed by atoms with Gasteiger partial charge in [0, 0.05) is 35.4 Å². The Morgan fingerprint density at radius 2 is 1.78 bits per heavy atom. The van der Waals surface area contributed by atoms with Gasteiger partial charge in [0.2, 0.25) is 0 Å². The number of ether oxygens (including phenoxy) is 3. The van der Waals surface area contributed by atoms with Gasteiger partial charge in [0.05, 0.1) is 7.11 Å². The van der Waals surface area contributed by atoms with Crippen molar-refractivity contribution in [2.45, 2.75) is 26.5 Å². The molecule has 0 aliphatic rings. The van der Waals surface area contributed by atoms with Crippen molar-refractivity contribution in [2.24, 2.45) is 0 Å². The van der Waals surface area contributed by atoms with Crippen molar-refractivity contribution < 1.29 is 14.2 Å². The second-order valence-electron chi connectivity index (χ2n) is 5.70. The average Bonchev–Trinajstić information content (AvgIpc) is 2.64. The van der Waals surface area contributed by atoms with Gasteiger partial charge in [0.25, 0.3) is 0 Å². The van der Waals surface area contributed by atoms with E-state index in [1.807, 2.05) is 31.2 Å². The smallest absolute Gasteiger partial charge is 0.161 e. The Kier molecular flexibility index (Phi) is 11.6. The first-order chi connectivity index (χ1) is 12.7. The summed E-state index contributed by atoms with van der Waals surface area (Å²) in [4.78, 5) is 0. The Bertz CT molecular complexity index is 678. The Morgan fingerprint density at radius 1 is 1.04 bits per heavy atom. The molecule has 0 aromatic heterocycles. The normalized spacial score (nSPS) is 10.4. The van der Waals surface area contributed by atoms with E-state index in [2.05, 4.69) is 5.32 Å². The number of benzene rings is 2. The van der Waals surface area contributed by atoms with Crippen molar-refractivity contribution in [3.8, 4) is 11.5 Å². The molecule has 0 saturated heterocycles. The lowest BCUT2D eigenvalue weighted by atomic mass is 10.2. The summed E-state index contributed by atoms with van der Waals surface area (Å²) in [6.07, 6.45) is 0.991. The molecule has 4 nitrogen and oxygen atoms in total. The molecule has 0 atom stereocenters. The van der Waals surface area contributed by atoms with Crippen LogP contribution in [0.25, 0.3) is 0 Å². The highest BCUT2D eigenvalue weighted by Crippen LogP contribution is 2.31. The lowest BCUT2D eigenvalue weighted by Crippen LogP contribution is -2.16.